The zero-order valence-electron chi connectivity index (χ0n) is 8.86. The second-order valence-electron chi connectivity index (χ2n) is 2.88. The Morgan fingerprint density at radius 3 is 2.56 bits per heavy atom. The largest absolute Gasteiger partial charge is 0.493 e. The number of rotatable bonds is 4. The second kappa shape index (κ2) is 5.55. The number of halogens is 1. The van der Waals surface area contributed by atoms with E-state index in [0.717, 1.165) is 6.08 Å². The molecule has 1 rings (SSSR count). The lowest BCUT2D eigenvalue weighted by Gasteiger charge is -2.10. The van der Waals surface area contributed by atoms with E-state index >= 15 is 0 Å². The number of methoxy groups -OCH3 is 2. The van der Waals surface area contributed by atoms with Gasteiger partial charge in [0.25, 0.3) is 0 Å². The molecule has 86 valence electrons. The van der Waals surface area contributed by atoms with Crippen molar-refractivity contribution in [2.24, 2.45) is 0 Å². The monoisotopic (exact) mass is 286 g/mol. The van der Waals surface area contributed by atoms with Gasteiger partial charge in [-0.2, -0.15) is 0 Å². The Hall–Kier alpha value is -1.49. The van der Waals surface area contributed by atoms with E-state index < -0.39 is 5.97 Å². The first-order valence-corrected chi connectivity index (χ1v) is 5.21. The molecule has 0 saturated carbocycles. The molecule has 0 saturated heterocycles. The van der Waals surface area contributed by atoms with Crippen LogP contribution in [-0.2, 0) is 4.79 Å². The van der Waals surface area contributed by atoms with Crippen LogP contribution < -0.4 is 9.47 Å². The van der Waals surface area contributed by atoms with Crippen molar-refractivity contribution in [1.82, 2.24) is 0 Å². The number of carboxylic acids is 1. The SMILES string of the molecule is COc1ccc(C=CC(=O)O)c(Br)c1OC. The highest BCUT2D eigenvalue weighted by Crippen LogP contribution is 2.37. The molecule has 0 aromatic heterocycles. The van der Waals surface area contributed by atoms with E-state index in [-0.39, 0.29) is 0 Å². The summed E-state index contributed by atoms with van der Waals surface area (Å²) in [7, 11) is 3.06. The summed E-state index contributed by atoms with van der Waals surface area (Å²) in [5.41, 5.74) is 0.708. The smallest absolute Gasteiger partial charge is 0.328 e. The van der Waals surface area contributed by atoms with Gasteiger partial charge < -0.3 is 14.6 Å². The van der Waals surface area contributed by atoms with Gasteiger partial charge in [-0.15, -0.1) is 0 Å². The molecule has 0 bridgehead atoms. The number of aliphatic carboxylic acids is 1. The van der Waals surface area contributed by atoms with Crippen LogP contribution in [0.1, 0.15) is 5.56 Å². The maximum absolute atomic E-state index is 10.4. The van der Waals surface area contributed by atoms with E-state index in [0.29, 0.717) is 21.5 Å². The fourth-order valence-corrected chi connectivity index (χ4v) is 1.82. The first-order valence-electron chi connectivity index (χ1n) is 4.41. The Morgan fingerprint density at radius 1 is 1.38 bits per heavy atom. The average Bonchev–Trinajstić information content (AvgIpc) is 2.26. The molecule has 0 unspecified atom stereocenters. The fourth-order valence-electron chi connectivity index (χ4n) is 1.19. The summed E-state index contributed by atoms with van der Waals surface area (Å²) in [6.07, 6.45) is 2.54. The number of hydrogen-bond donors (Lipinski definition) is 1. The van der Waals surface area contributed by atoms with Crippen molar-refractivity contribution >= 4 is 28.0 Å². The molecule has 0 spiro atoms. The Morgan fingerprint density at radius 2 is 2.06 bits per heavy atom. The van der Waals surface area contributed by atoms with E-state index in [9.17, 15) is 4.79 Å². The highest BCUT2D eigenvalue weighted by atomic mass is 79.9. The van der Waals surface area contributed by atoms with Gasteiger partial charge in [-0.3, -0.25) is 0 Å². The van der Waals surface area contributed by atoms with E-state index in [1.807, 2.05) is 0 Å². The maximum Gasteiger partial charge on any atom is 0.328 e. The third-order valence-electron chi connectivity index (χ3n) is 1.92. The molecule has 0 fully saturated rings. The first-order chi connectivity index (χ1) is 7.60. The van der Waals surface area contributed by atoms with Crippen LogP contribution in [0.4, 0.5) is 0 Å². The van der Waals surface area contributed by atoms with Crippen LogP contribution in [0.5, 0.6) is 11.5 Å². The predicted octanol–water partition coefficient (Wildman–Crippen LogP) is 2.56. The minimum Gasteiger partial charge on any atom is -0.493 e. The van der Waals surface area contributed by atoms with Gasteiger partial charge in [-0.1, -0.05) is 0 Å². The molecule has 1 aromatic rings. The van der Waals surface area contributed by atoms with Gasteiger partial charge in [0.1, 0.15) is 0 Å². The van der Waals surface area contributed by atoms with Gasteiger partial charge in [-0.05, 0) is 39.7 Å². The molecule has 0 aliphatic carbocycles. The zero-order valence-corrected chi connectivity index (χ0v) is 10.4. The molecule has 0 amide bonds. The van der Waals surface area contributed by atoms with E-state index in [1.165, 1.54) is 20.3 Å². The van der Waals surface area contributed by atoms with Gasteiger partial charge in [0.2, 0.25) is 0 Å². The van der Waals surface area contributed by atoms with Gasteiger partial charge in [-0.25, -0.2) is 4.79 Å². The summed E-state index contributed by atoms with van der Waals surface area (Å²) < 4.78 is 10.9. The van der Waals surface area contributed by atoms with E-state index in [1.54, 1.807) is 12.1 Å². The summed E-state index contributed by atoms with van der Waals surface area (Å²) in [5, 5.41) is 8.53. The van der Waals surface area contributed by atoms with Crippen LogP contribution in [0.25, 0.3) is 6.08 Å². The second-order valence-corrected chi connectivity index (χ2v) is 3.67. The average molecular weight is 287 g/mol. The highest BCUT2D eigenvalue weighted by Gasteiger charge is 2.10. The number of carbonyl (C=O) groups is 1. The molecule has 0 heterocycles. The molecule has 0 aliphatic rings. The van der Waals surface area contributed by atoms with Gasteiger partial charge >= 0.3 is 5.97 Å². The molecule has 5 heteroatoms. The summed E-state index contributed by atoms with van der Waals surface area (Å²) >= 11 is 3.33. The molecule has 0 radical (unpaired) electrons. The molecule has 1 N–H and O–H groups in total. The van der Waals surface area contributed by atoms with Crippen LogP contribution in [0.3, 0.4) is 0 Å². The Kier molecular flexibility index (Phi) is 4.37. The third-order valence-corrected chi connectivity index (χ3v) is 2.74. The van der Waals surface area contributed by atoms with Crippen molar-refractivity contribution in [2.45, 2.75) is 0 Å². The summed E-state index contributed by atoms with van der Waals surface area (Å²) in [6, 6.07) is 3.45. The van der Waals surface area contributed by atoms with Crippen molar-refractivity contribution < 1.29 is 19.4 Å². The topological polar surface area (TPSA) is 55.8 Å². The van der Waals surface area contributed by atoms with Crippen molar-refractivity contribution in [3.63, 3.8) is 0 Å². The molecule has 1 aromatic carbocycles. The third kappa shape index (κ3) is 2.76. The first kappa shape index (κ1) is 12.6. The van der Waals surface area contributed by atoms with Gasteiger partial charge in [0.05, 0.1) is 18.7 Å². The van der Waals surface area contributed by atoms with Crippen LogP contribution in [-0.4, -0.2) is 25.3 Å². The zero-order chi connectivity index (χ0) is 12.1. The molecule has 0 atom stereocenters. The molecular weight excluding hydrogens is 276 g/mol. The quantitative estimate of drug-likeness (QED) is 0.865. The fraction of sp³-hybridized carbons (Fsp3) is 0.182. The number of carboxylic acid groups (broad SMARTS) is 1. The molecule has 16 heavy (non-hydrogen) atoms. The lowest BCUT2D eigenvalue weighted by atomic mass is 10.2. The molecule has 4 nitrogen and oxygen atoms in total. The van der Waals surface area contributed by atoms with Gasteiger partial charge in [0.15, 0.2) is 11.5 Å². The highest BCUT2D eigenvalue weighted by molar-refractivity contribution is 9.10. The minimum atomic E-state index is -0.998. The summed E-state index contributed by atoms with van der Waals surface area (Å²) in [4.78, 5) is 10.4. The van der Waals surface area contributed by atoms with E-state index in [2.05, 4.69) is 15.9 Å². The molecule has 0 aliphatic heterocycles. The maximum atomic E-state index is 10.4. The number of hydrogen-bond acceptors (Lipinski definition) is 3. The summed E-state index contributed by atoms with van der Waals surface area (Å²) in [5.74, 6) is 0.124. The molecular formula is C11H11BrO4. The Bertz CT molecular complexity index is 426. The summed E-state index contributed by atoms with van der Waals surface area (Å²) in [6.45, 7) is 0. The predicted molar refractivity (Wildman–Crippen MR) is 63.9 cm³/mol. The van der Waals surface area contributed by atoms with Crippen molar-refractivity contribution in [1.29, 1.82) is 0 Å². The number of benzene rings is 1. The van der Waals surface area contributed by atoms with Crippen LogP contribution in [0, 0.1) is 0 Å². The van der Waals surface area contributed by atoms with Crippen LogP contribution >= 0.6 is 15.9 Å². The normalized spacial score (nSPS) is 10.4. The lowest BCUT2D eigenvalue weighted by Crippen LogP contribution is -1.93. The Labute approximate surface area is 102 Å². The lowest BCUT2D eigenvalue weighted by molar-refractivity contribution is -0.131. The minimum absolute atomic E-state index is 0.537. The standard InChI is InChI=1S/C11H11BrO4/c1-15-8-5-3-7(4-6-9(13)14)10(12)11(8)16-2/h3-6H,1-2H3,(H,13,14). The van der Waals surface area contributed by atoms with Crippen LogP contribution in [0.2, 0.25) is 0 Å². The van der Waals surface area contributed by atoms with E-state index in [4.69, 9.17) is 14.6 Å². The van der Waals surface area contributed by atoms with Crippen molar-refractivity contribution in [3.8, 4) is 11.5 Å². The van der Waals surface area contributed by atoms with Crippen LogP contribution in [0.15, 0.2) is 22.7 Å². The van der Waals surface area contributed by atoms with Gasteiger partial charge in [0, 0.05) is 6.08 Å². The van der Waals surface area contributed by atoms with Crippen molar-refractivity contribution in [3.05, 3.63) is 28.2 Å². The Balaban J connectivity index is 3.18. The van der Waals surface area contributed by atoms with Crippen molar-refractivity contribution in [2.75, 3.05) is 14.2 Å². The number of ether oxygens (including phenoxy) is 2.